The summed E-state index contributed by atoms with van der Waals surface area (Å²) >= 11 is 3.30. The molecule has 0 spiro atoms. The van der Waals surface area contributed by atoms with Crippen LogP contribution in [0.25, 0.3) is 0 Å². The van der Waals surface area contributed by atoms with Gasteiger partial charge in [0.15, 0.2) is 0 Å². The summed E-state index contributed by atoms with van der Waals surface area (Å²) in [6, 6.07) is 8.23. The van der Waals surface area contributed by atoms with E-state index in [-0.39, 0.29) is 12.0 Å². The first-order valence-corrected chi connectivity index (χ1v) is 6.86. The van der Waals surface area contributed by atoms with E-state index < -0.39 is 17.5 Å². The molecule has 0 saturated carbocycles. The van der Waals surface area contributed by atoms with E-state index in [4.69, 9.17) is 4.74 Å². The third-order valence-corrected chi connectivity index (χ3v) is 3.51. The lowest BCUT2D eigenvalue weighted by Gasteiger charge is -2.09. The molecular formula is C15H12BrF2NO2. The maximum atomic E-state index is 13.5. The summed E-state index contributed by atoms with van der Waals surface area (Å²) < 4.78 is 32.1. The van der Waals surface area contributed by atoms with Gasteiger partial charge in [-0.1, -0.05) is 6.07 Å². The van der Waals surface area contributed by atoms with Crippen LogP contribution in [0.15, 0.2) is 40.9 Å². The number of carbonyl (C=O) groups is 1. The maximum Gasteiger partial charge on any atom is 0.228 e. The Bertz CT molecular complexity index is 677. The fraction of sp³-hybridized carbons (Fsp3) is 0.133. The summed E-state index contributed by atoms with van der Waals surface area (Å²) in [6.07, 6.45) is -0.185. The number of methoxy groups -OCH3 is 1. The Hall–Kier alpha value is -1.95. The lowest BCUT2D eigenvalue weighted by molar-refractivity contribution is -0.115. The average molecular weight is 356 g/mol. The summed E-state index contributed by atoms with van der Waals surface area (Å²) in [5, 5.41) is 2.65. The van der Waals surface area contributed by atoms with E-state index >= 15 is 0 Å². The highest BCUT2D eigenvalue weighted by atomic mass is 79.9. The molecule has 0 heterocycles. The van der Waals surface area contributed by atoms with Gasteiger partial charge in [-0.3, -0.25) is 4.79 Å². The lowest BCUT2D eigenvalue weighted by atomic mass is 10.1. The quantitative estimate of drug-likeness (QED) is 0.902. The molecule has 2 rings (SSSR count). The molecule has 0 atom stereocenters. The number of rotatable bonds is 4. The van der Waals surface area contributed by atoms with E-state index in [1.807, 2.05) is 0 Å². The first kappa shape index (κ1) is 15.4. The van der Waals surface area contributed by atoms with Crippen molar-refractivity contribution in [2.75, 3.05) is 12.4 Å². The van der Waals surface area contributed by atoms with Gasteiger partial charge in [-0.15, -0.1) is 0 Å². The van der Waals surface area contributed by atoms with E-state index in [2.05, 4.69) is 21.2 Å². The first-order chi connectivity index (χ1) is 9.99. The fourth-order valence-corrected chi connectivity index (χ4v) is 2.11. The number of nitrogens with one attached hydrogen (secondary N) is 1. The zero-order valence-corrected chi connectivity index (χ0v) is 12.7. The second kappa shape index (κ2) is 6.67. The van der Waals surface area contributed by atoms with E-state index in [0.717, 1.165) is 12.1 Å². The van der Waals surface area contributed by atoms with Crippen molar-refractivity contribution in [1.29, 1.82) is 0 Å². The molecule has 21 heavy (non-hydrogen) atoms. The van der Waals surface area contributed by atoms with Crippen LogP contribution in [0.3, 0.4) is 0 Å². The number of benzene rings is 2. The molecule has 0 aliphatic heterocycles. The molecule has 0 unspecified atom stereocenters. The van der Waals surface area contributed by atoms with Crippen LogP contribution in [0.1, 0.15) is 5.56 Å². The Morgan fingerprint density at radius 1 is 1.24 bits per heavy atom. The van der Waals surface area contributed by atoms with Crippen LogP contribution in [0.4, 0.5) is 14.5 Å². The highest BCUT2D eigenvalue weighted by Gasteiger charge is 2.11. The second-order valence-corrected chi connectivity index (χ2v) is 5.16. The van der Waals surface area contributed by atoms with Crippen molar-refractivity contribution in [3.8, 4) is 5.75 Å². The summed E-state index contributed by atoms with van der Waals surface area (Å²) in [5.74, 6) is -1.24. The smallest absolute Gasteiger partial charge is 0.228 e. The van der Waals surface area contributed by atoms with Gasteiger partial charge in [-0.25, -0.2) is 8.78 Å². The minimum absolute atomic E-state index is 0.132. The van der Waals surface area contributed by atoms with Crippen LogP contribution < -0.4 is 10.1 Å². The number of amides is 1. The first-order valence-electron chi connectivity index (χ1n) is 6.07. The van der Waals surface area contributed by atoms with Gasteiger partial charge in [0.1, 0.15) is 17.4 Å². The number of ether oxygens (including phenoxy) is 1. The molecule has 0 bridgehead atoms. The van der Waals surface area contributed by atoms with Crippen molar-refractivity contribution < 1.29 is 18.3 Å². The molecule has 0 aromatic heterocycles. The fourth-order valence-electron chi connectivity index (χ4n) is 1.76. The summed E-state index contributed by atoms with van der Waals surface area (Å²) in [6.45, 7) is 0. The van der Waals surface area contributed by atoms with Crippen molar-refractivity contribution in [3.05, 3.63) is 58.1 Å². The van der Waals surface area contributed by atoms with Crippen molar-refractivity contribution in [2.24, 2.45) is 0 Å². The minimum Gasteiger partial charge on any atom is -0.497 e. The molecule has 110 valence electrons. The van der Waals surface area contributed by atoms with Gasteiger partial charge in [0.05, 0.1) is 19.2 Å². The van der Waals surface area contributed by atoms with Gasteiger partial charge in [-0.2, -0.15) is 0 Å². The Balaban J connectivity index is 2.11. The van der Waals surface area contributed by atoms with Gasteiger partial charge >= 0.3 is 0 Å². The lowest BCUT2D eigenvalue weighted by Crippen LogP contribution is -2.15. The SMILES string of the molecule is COc1ccc(Br)c(NC(=O)Cc2ccc(F)cc2F)c1. The van der Waals surface area contributed by atoms with Crippen LogP contribution in [0.5, 0.6) is 5.75 Å². The zero-order valence-electron chi connectivity index (χ0n) is 11.1. The summed E-state index contributed by atoms with van der Waals surface area (Å²) in [5.41, 5.74) is 0.648. The summed E-state index contributed by atoms with van der Waals surface area (Å²) in [7, 11) is 1.52. The van der Waals surface area contributed by atoms with Crippen LogP contribution in [-0.2, 0) is 11.2 Å². The zero-order chi connectivity index (χ0) is 15.4. The predicted molar refractivity (Wildman–Crippen MR) is 79.4 cm³/mol. The van der Waals surface area contributed by atoms with Crippen LogP contribution >= 0.6 is 15.9 Å². The average Bonchev–Trinajstić information content (AvgIpc) is 2.44. The molecule has 3 nitrogen and oxygen atoms in total. The van der Waals surface area contributed by atoms with Crippen molar-refractivity contribution in [2.45, 2.75) is 6.42 Å². The molecule has 2 aromatic rings. The van der Waals surface area contributed by atoms with Gasteiger partial charge in [-0.05, 0) is 39.7 Å². The normalized spacial score (nSPS) is 10.3. The Morgan fingerprint density at radius 3 is 2.67 bits per heavy atom. The molecule has 0 aliphatic rings. The highest BCUT2D eigenvalue weighted by Crippen LogP contribution is 2.27. The van der Waals surface area contributed by atoms with Crippen molar-refractivity contribution in [3.63, 3.8) is 0 Å². The molecule has 0 saturated heterocycles. The number of anilines is 1. The third kappa shape index (κ3) is 4.01. The molecule has 1 amide bonds. The molecule has 2 aromatic carbocycles. The molecule has 6 heteroatoms. The van der Waals surface area contributed by atoms with Crippen molar-refractivity contribution in [1.82, 2.24) is 0 Å². The van der Waals surface area contributed by atoms with Crippen LogP contribution in [-0.4, -0.2) is 13.0 Å². The van der Waals surface area contributed by atoms with Gasteiger partial charge in [0, 0.05) is 16.6 Å². The monoisotopic (exact) mass is 355 g/mol. The van der Waals surface area contributed by atoms with Gasteiger partial charge in [0.2, 0.25) is 5.91 Å². The topological polar surface area (TPSA) is 38.3 Å². The van der Waals surface area contributed by atoms with Crippen LogP contribution in [0, 0.1) is 11.6 Å². The Labute approximate surface area is 129 Å². The Kier molecular flexibility index (Phi) is 4.90. The van der Waals surface area contributed by atoms with Gasteiger partial charge in [0.25, 0.3) is 0 Å². The van der Waals surface area contributed by atoms with Crippen LogP contribution in [0.2, 0.25) is 0 Å². The highest BCUT2D eigenvalue weighted by molar-refractivity contribution is 9.10. The molecule has 0 aliphatic carbocycles. The Morgan fingerprint density at radius 2 is 2.00 bits per heavy atom. The van der Waals surface area contributed by atoms with E-state index in [1.165, 1.54) is 13.2 Å². The number of hydrogen-bond acceptors (Lipinski definition) is 2. The predicted octanol–water partition coefficient (Wildman–Crippen LogP) is 3.92. The van der Waals surface area contributed by atoms with Gasteiger partial charge < -0.3 is 10.1 Å². The number of halogens is 3. The number of carbonyl (C=O) groups excluding carboxylic acids is 1. The standard InChI is InChI=1S/C15H12BrF2NO2/c1-21-11-4-5-12(16)14(8-11)19-15(20)6-9-2-3-10(17)7-13(9)18/h2-5,7-8H,6H2,1H3,(H,19,20). The number of hydrogen-bond donors (Lipinski definition) is 1. The van der Waals surface area contributed by atoms with E-state index in [9.17, 15) is 13.6 Å². The minimum atomic E-state index is -0.741. The molecule has 1 N–H and O–H groups in total. The third-order valence-electron chi connectivity index (χ3n) is 2.81. The van der Waals surface area contributed by atoms with E-state index in [0.29, 0.717) is 15.9 Å². The summed E-state index contributed by atoms with van der Waals surface area (Å²) in [4.78, 5) is 11.9. The largest absolute Gasteiger partial charge is 0.497 e. The molecule has 0 fully saturated rings. The molecule has 0 radical (unpaired) electrons. The second-order valence-electron chi connectivity index (χ2n) is 4.31. The molecular weight excluding hydrogens is 344 g/mol. The van der Waals surface area contributed by atoms with E-state index in [1.54, 1.807) is 18.2 Å². The maximum absolute atomic E-state index is 13.5. The van der Waals surface area contributed by atoms with Crippen molar-refractivity contribution >= 4 is 27.5 Å².